The first-order valence-electron chi connectivity index (χ1n) is 8.22. The molecule has 1 amide bonds. The molecule has 0 aliphatic carbocycles. The Morgan fingerprint density at radius 1 is 1.30 bits per heavy atom. The van der Waals surface area contributed by atoms with Gasteiger partial charge in [-0.15, -0.1) is 0 Å². The lowest BCUT2D eigenvalue weighted by Gasteiger charge is -2.30. The monoisotopic (exact) mass is 338 g/mol. The van der Waals surface area contributed by atoms with Crippen LogP contribution in [0.1, 0.15) is 45.1 Å². The number of hydrogen-bond acceptors (Lipinski definition) is 3. The van der Waals surface area contributed by atoms with Crippen molar-refractivity contribution in [3.63, 3.8) is 0 Å². The van der Waals surface area contributed by atoms with Crippen LogP contribution < -0.4 is 5.32 Å². The van der Waals surface area contributed by atoms with E-state index in [1.807, 2.05) is 24.3 Å². The third-order valence-corrected chi connectivity index (χ3v) is 6.21. The highest BCUT2D eigenvalue weighted by Crippen LogP contribution is 2.22. The highest BCUT2D eigenvalue weighted by atomic mass is 32.2. The fraction of sp³-hybridized carbons (Fsp3) is 0.588. The molecule has 1 N–H and O–H groups in total. The summed E-state index contributed by atoms with van der Waals surface area (Å²) in [5.74, 6) is 0.150. The van der Waals surface area contributed by atoms with Gasteiger partial charge in [-0.05, 0) is 43.4 Å². The van der Waals surface area contributed by atoms with E-state index < -0.39 is 10.0 Å². The normalized spacial score (nSPS) is 19.7. The summed E-state index contributed by atoms with van der Waals surface area (Å²) < 4.78 is 25.4. The molecule has 2 rings (SSSR count). The molecule has 0 bridgehead atoms. The number of nitrogens with zero attached hydrogens (tertiary/aromatic N) is 1. The Labute approximate surface area is 139 Å². The quantitative estimate of drug-likeness (QED) is 0.898. The minimum Gasteiger partial charge on any atom is -0.326 e. The van der Waals surface area contributed by atoms with Gasteiger partial charge in [0.2, 0.25) is 15.9 Å². The van der Waals surface area contributed by atoms with Crippen LogP contribution in [0, 0.1) is 5.92 Å². The zero-order valence-corrected chi connectivity index (χ0v) is 14.9. The van der Waals surface area contributed by atoms with Gasteiger partial charge in [-0.3, -0.25) is 4.79 Å². The Hall–Kier alpha value is -1.40. The van der Waals surface area contributed by atoms with Gasteiger partial charge in [-0.25, -0.2) is 12.7 Å². The maximum atomic E-state index is 12.4. The number of sulfonamides is 1. The molecule has 1 saturated heterocycles. The summed E-state index contributed by atoms with van der Waals surface area (Å²) >= 11 is 0. The van der Waals surface area contributed by atoms with Crippen LogP contribution in [0.15, 0.2) is 24.3 Å². The molecule has 1 aliphatic rings. The van der Waals surface area contributed by atoms with Gasteiger partial charge >= 0.3 is 0 Å². The number of nitrogens with one attached hydrogen (secondary N) is 1. The molecule has 0 unspecified atom stereocenters. The second kappa shape index (κ2) is 7.45. The van der Waals surface area contributed by atoms with Crippen LogP contribution >= 0.6 is 0 Å². The summed E-state index contributed by atoms with van der Waals surface area (Å²) in [7, 11) is -3.22. The van der Waals surface area contributed by atoms with Gasteiger partial charge in [0.25, 0.3) is 0 Å². The first kappa shape index (κ1) is 17.9. The Bertz CT molecular complexity index is 638. The molecule has 1 fully saturated rings. The topological polar surface area (TPSA) is 66.5 Å². The van der Waals surface area contributed by atoms with Crippen molar-refractivity contribution in [2.75, 3.05) is 24.2 Å². The second-order valence-corrected chi connectivity index (χ2v) is 8.62. The summed E-state index contributed by atoms with van der Waals surface area (Å²) in [6.45, 7) is 6.68. The molecule has 1 atom stereocenters. The van der Waals surface area contributed by atoms with Crippen molar-refractivity contribution in [1.82, 2.24) is 4.31 Å². The number of hydrogen-bond donors (Lipinski definition) is 1. The lowest BCUT2D eigenvalue weighted by atomic mass is 9.98. The van der Waals surface area contributed by atoms with E-state index in [2.05, 4.69) is 19.2 Å². The molecule has 0 aromatic heterocycles. The van der Waals surface area contributed by atoms with Crippen molar-refractivity contribution in [2.24, 2.45) is 5.92 Å². The fourth-order valence-electron chi connectivity index (χ4n) is 2.79. The van der Waals surface area contributed by atoms with Crippen LogP contribution in [0.5, 0.6) is 0 Å². The largest absolute Gasteiger partial charge is 0.326 e. The third kappa shape index (κ3) is 4.54. The first-order chi connectivity index (χ1) is 10.8. The Morgan fingerprint density at radius 3 is 2.52 bits per heavy atom. The van der Waals surface area contributed by atoms with E-state index in [0.29, 0.717) is 12.5 Å². The minimum absolute atomic E-state index is 0.0814. The number of benzene rings is 1. The standard InChI is InChI=1S/C17H26N2O3S/c1-4-23(21,22)19-11-5-6-15(12-19)17(20)18-16-9-7-14(8-10-16)13(2)3/h7-10,13,15H,4-6,11-12H2,1-3H3,(H,18,20)/t15-/m1/s1. The Kier molecular flexibility index (Phi) is 5.81. The van der Waals surface area contributed by atoms with E-state index in [1.54, 1.807) is 6.92 Å². The average Bonchev–Trinajstić information content (AvgIpc) is 2.55. The maximum Gasteiger partial charge on any atom is 0.228 e. The zero-order chi connectivity index (χ0) is 17.0. The number of piperidine rings is 1. The molecule has 5 nitrogen and oxygen atoms in total. The summed E-state index contributed by atoms with van der Waals surface area (Å²) in [5, 5.41) is 2.91. The lowest BCUT2D eigenvalue weighted by Crippen LogP contribution is -2.44. The molecule has 6 heteroatoms. The maximum absolute atomic E-state index is 12.4. The minimum atomic E-state index is -3.22. The molecule has 0 spiro atoms. The van der Waals surface area contributed by atoms with Gasteiger partial charge in [0, 0.05) is 18.8 Å². The molecule has 1 aromatic rings. The zero-order valence-electron chi connectivity index (χ0n) is 14.1. The van der Waals surface area contributed by atoms with Crippen molar-refractivity contribution in [1.29, 1.82) is 0 Å². The number of carbonyl (C=O) groups is 1. The predicted molar refractivity (Wildman–Crippen MR) is 92.9 cm³/mol. The van der Waals surface area contributed by atoms with E-state index in [0.717, 1.165) is 18.5 Å². The Morgan fingerprint density at radius 2 is 1.96 bits per heavy atom. The molecule has 128 valence electrons. The number of rotatable bonds is 5. The van der Waals surface area contributed by atoms with E-state index >= 15 is 0 Å². The SMILES string of the molecule is CCS(=O)(=O)N1CCC[C@@H](C(=O)Nc2ccc(C(C)C)cc2)C1. The summed E-state index contributed by atoms with van der Waals surface area (Å²) in [5.41, 5.74) is 1.98. The fourth-order valence-corrected chi connectivity index (χ4v) is 3.97. The van der Waals surface area contributed by atoms with Gasteiger partial charge in [0.1, 0.15) is 0 Å². The predicted octanol–water partition coefficient (Wildman–Crippen LogP) is 2.81. The third-order valence-electron chi connectivity index (χ3n) is 4.36. The lowest BCUT2D eigenvalue weighted by molar-refractivity contribution is -0.120. The van der Waals surface area contributed by atoms with Gasteiger partial charge in [0.05, 0.1) is 11.7 Å². The second-order valence-electron chi connectivity index (χ2n) is 6.36. The molecule has 0 radical (unpaired) electrons. The van der Waals surface area contributed by atoms with Crippen LogP contribution in [-0.2, 0) is 14.8 Å². The molecule has 1 heterocycles. The number of anilines is 1. The van der Waals surface area contributed by atoms with Gasteiger partial charge in [0.15, 0.2) is 0 Å². The number of carbonyl (C=O) groups excluding carboxylic acids is 1. The van der Waals surface area contributed by atoms with Gasteiger partial charge in [-0.1, -0.05) is 26.0 Å². The smallest absolute Gasteiger partial charge is 0.228 e. The molecule has 0 saturated carbocycles. The van der Waals surface area contributed by atoms with Crippen LogP contribution in [0.25, 0.3) is 0 Å². The highest BCUT2D eigenvalue weighted by molar-refractivity contribution is 7.89. The van der Waals surface area contributed by atoms with Crippen LogP contribution in [0.2, 0.25) is 0 Å². The summed E-state index contributed by atoms with van der Waals surface area (Å²) in [4.78, 5) is 12.4. The summed E-state index contributed by atoms with van der Waals surface area (Å²) in [6.07, 6.45) is 1.45. The van der Waals surface area contributed by atoms with Crippen molar-refractivity contribution >= 4 is 21.6 Å². The Balaban J connectivity index is 2.00. The number of amides is 1. The van der Waals surface area contributed by atoms with Crippen LogP contribution in [0.3, 0.4) is 0 Å². The average molecular weight is 338 g/mol. The van der Waals surface area contributed by atoms with Crippen molar-refractivity contribution in [3.05, 3.63) is 29.8 Å². The molecule has 1 aliphatic heterocycles. The van der Waals surface area contributed by atoms with Gasteiger partial charge in [-0.2, -0.15) is 0 Å². The highest BCUT2D eigenvalue weighted by Gasteiger charge is 2.31. The molecule has 23 heavy (non-hydrogen) atoms. The van der Waals surface area contributed by atoms with E-state index in [-0.39, 0.29) is 24.1 Å². The molecule has 1 aromatic carbocycles. The van der Waals surface area contributed by atoms with Crippen LogP contribution in [-0.4, -0.2) is 37.5 Å². The van der Waals surface area contributed by atoms with Crippen molar-refractivity contribution < 1.29 is 13.2 Å². The van der Waals surface area contributed by atoms with Crippen LogP contribution in [0.4, 0.5) is 5.69 Å². The van der Waals surface area contributed by atoms with Crippen molar-refractivity contribution in [2.45, 2.75) is 39.5 Å². The van der Waals surface area contributed by atoms with E-state index in [9.17, 15) is 13.2 Å². The van der Waals surface area contributed by atoms with E-state index in [1.165, 1.54) is 9.87 Å². The van der Waals surface area contributed by atoms with Gasteiger partial charge < -0.3 is 5.32 Å². The molecular weight excluding hydrogens is 312 g/mol. The molecular formula is C17H26N2O3S. The first-order valence-corrected chi connectivity index (χ1v) is 9.83. The summed E-state index contributed by atoms with van der Waals surface area (Å²) in [6, 6.07) is 7.82. The van der Waals surface area contributed by atoms with Crippen molar-refractivity contribution in [3.8, 4) is 0 Å². The van der Waals surface area contributed by atoms with E-state index in [4.69, 9.17) is 0 Å².